The number of nitrogens with one attached hydrogen (secondary N) is 1. The van der Waals surface area contributed by atoms with Crippen molar-refractivity contribution in [3.8, 4) is 0 Å². The molecule has 33 heavy (non-hydrogen) atoms. The van der Waals surface area contributed by atoms with Crippen molar-refractivity contribution in [2.45, 2.75) is 44.2 Å². The van der Waals surface area contributed by atoms with Gasteiger partial charge >= 0.3 is 11.9 Å². The van der Waals surface area contributed by atoms with Gasteiger partial charge < -0.3 is 10.5 Å². The summed E-state index contributed by atoms with van der Waals surface area (Å²) in [6, 6.07) is 27.9. The first-order valence-corrected chi connectivity index (χ1v) is 11.3. The molecule has 3 N–H and O–H groups in total. The van der Waals surface area contributed by atoms with Gasteiger partial charge in [0.25, 0.3) is 0 Å². The maximum absolute atomic E-state index is 13.3. The minimum absolute atomic E-state index is 0.446. The average Bonchev–Trinajstić information content (AvgIpc) is 2.83. The molecule has 0 spiro atoms. The van der Waals surface area contributed by atoms with Gasteiger partial charge in [0.15, 0.2) is 0 Å². The molecule has 3 aromatic carbocycles. The first-order valence-electron chi connectivity index (χ1n) is 11.3. The van der Waals surface area contributed by atoms with E-state index in [1.54, 1.807) is 0 Å². The lowest BCUT2D eigenvalue weighted by atomic mass is 9.91. The highest BCUT2D eigenvalue weighted by Gasteiger charge is 2.33. The molecule has 3 aromatic rings. The quantitative estimate of drug-likeness (QED) is 0.355. The van der Waals surface area contributed by atoms with Crippen molar-refractivity contribution in [2.24, 2.45) is 5.73 Å². The number of ether oxygens (including phenoxy) is 1. The summed E-state index contributed by atoms with van der Waals surface area (Å²) in [5.74, 6) is -1.86. The summed E-state index contributed by atoms with van der Waals surface area (Å²) in [5, 5.41) is 3.39. The van der Waals surface area contributed by atoms with Crippen LogP contribution < -0.4 is 11.1 Å². The predicted octanol–water partition coefficient (Wildman–Crippen LogP) is 4.52. The van der Waals surface area contributed by atoms with E-state index in [1.165, 1.54) is 0 Å². The molecule has 0 aliphatic heterocycles. The van der Waals surface area contributed by atoms with Crippen molar-refractivity contribution < 1.29 is 14.3 Å². The molecule has 0 heterocycles. The normalized spacial score (nSPS) is 12.4. The Morgan fingerprint density at radius 1 is 0.818 bits per heavy atom. The van der Waals surface area contributed by atoms with E-state index < -0.39 is 29.4 Å². The van der Waals surface area contributed by atoms with Gasteiger partial charge in [0.2, 0.25) is 0 Å². The Labute approximate surface area is 196 Å². The molecule has 0 bridgehead atoms. The summed E-state index contributed by atoms with van der Waals surface area (Å²) in [6.07, 6.45) is 1.10. The topological polar surface area (TPSA) is 81.4 Å². The van der Waals surface area contributed by atoms with E-state index in [9.17, 15) is 9.59 Å². The Kier molecular flexibility index (Phi) is 8.52. The third kappa shape index (κ3) is 6.60. The molecule has 5 nitrogen and oxygen atoms in total. The highest BCUT2D eigenvalue weighted by atomic mass is 16.6. The van der Waals surface area contributed by atoms with Crippen LogP contribution in [0.25, 0.3) is 0 Å². The first-order chi connectivity index (χ1) is 15.9. The molecule has 0 unspecified atom stereocenters. The van der Waals surface area contributed by atoms with E-state index in [0.717, 1.165) is 16.7 Å². The molecule has 0 amide bonds. The second-order valence-electron chi connectivity index (χ2n) is 8.61. The molecule has 1 atom stereocenters. The Morgan fingerprint density at radius 2 is 1.30 bits per heavy atom. The SMILES string of the molecule is CC(C)(N[C@@H](CCCN)C(=O)OC(=O)C(c1ccccc1)c1ccccc1)c1ccccc1. The smallest absolute Gasteiger partial charge is 0.330 e. The van der Waals surface area contributed by atoms with Gasteiger partial charge in [-0.15, -0.1) is 0 Å². The van der Waals surface area contributed by atoms with Crippen molar-refractivity contribution in [2.75, 3.05) is 6.54 Å². The number of hydrogen-bond donors (Lipinski definition) is 2. The predicted molar refractivity (Wildman–Crippen MR) is 131 cm³/mol. The largest absolute Gasteiger partial charge is 0.391 e. The van der Waals surface area contributed by atoms with Crippen LogP contribution in [0.1, 0.15) is 49.3 Å². The van der Waals surface area contributed by atoms with Crippen molar-refractivity contribution >= 4 is 11.9 Å². The summed E-state index contributed by atoms with van der Waals surface area (Å²) in [4.78, 5) is 26.5. The number of benzene rings is 3. The Hall–Kier alpha value is -3.28. The molecule has 0 saturated carbocycles. The summed E-state index contributed by atoms with van der Waals surface area (Å²) >= 11 is 0. The third-order valence-electron chi connectivity index (χ3n) is 5.71. The Bertz CT molecular complexity index is 981. The number of nitrogens with two attached hydrogens (primary N) is 1. The van der Waals surface area contributed by atoms with Gasteiger partial charge in [0.05, 0.1) is 0 Å². The molecule has 0 aliphatic carbocycles. The summed E-state index contributed by atoms with van der Waals surface area (Å²) in [5.41, 5.74) is 7.79. The molecule has 0 fully saturated rings. The van der Waals surface area contributed by atoms with Crippen molar-refractivity contribution in [1.29, 1.82) is 0 Å². The molecule has 0 aliphatic rings. The van der Waals surface area contributed by atoms with Gasteiger partial charge in [-0.05, 0) is 49.9 Å². The van der Waals surface area contributed by atoms with Crippen LogP contribution in [0.5, 0.6) is 0 Å². The highest BCUT2D eigenvalue weighted by molar-refractivity contribution is 5.93. The third-order valence-corrected chi connectivity index (χ3v) is 5.71. The van der Waals surface area contributed by atoms with Gasteiger partial charge in [-0.25, -0.2) is 4.79 Å². The van der Waals surface area contributed by atoms with E-state index in [0.29, 0.717) is 19.4 Å². The number of carbonyl (C=O) groups is 2. The van der Waals surface area contributed by atoms with Crippen LogP contribution in [-0.4, -0.2) is 24.5 Å². The van der Waals surface area contributed by atoms with Gasteiger partial charge in [0, 0.05) is 5.54 Å². The first kappa shape index (κ1) is 24.4. The molecule has 3 rings (SSSR count). The number of rotatable bonds is 10. The molecule has 0 aromatic heterocycles. The lowest BCUT2D eigenvalue weighted by Gasteiger charge is -2.31. The zero-order chi connectivity index (χ0) is 23.7. The number of hydrogen-bond acceptors (Lipinski definition) is 5. The average molecular weight is 445 g/mol. The number of carbonyl (C=O) groups excluding carboxylic acids is 2. The second-order valence-corrected chi connectivity index (χ2v) is 8.61. The molecular weight excluding hydrogens is 412 g/mol. The van der Waals surface area contributed by atoms with Crippen molar-refractivity contribution in [1.82, 2.24) is 5.32 Å². The van der Waals surface area contributed by atoms with Gasteiger partial charge in [-0.2, -0.15) is 0 Å². The van der Waals surface area contributed by atoms with E-state index in [4.69, 9.17) is 10.5 Å². The van der Waals surface area contributed by atoms with Gasteiger partial charge in [-0.3, -0.25) is 10.1 Å². The van der Waals surface area contributed by atoms with Crippen LogP contribution in [-0.2, 0) is 19.9 Å². The summed E-state index contributed by atoms with van der Waals surface area (Å²) in [7, 11) is 0. The van der Waals surface area contributed by atoms with Crippen LogP contribution in [0, 0.1) is 0 Å². The lowest BCUT2D eigenvalue weighted by Crippen LogP contribution is -2.49. The lowest BCUT2D eigenvalue weighted by molar-refractivity contribution is -0.162. The Balaban J connectivity index is 1.81. The van der Waals surface area contributed by atoms with Crippen LogP contribution in [0.2, 0.25) is 0 Å². The van der Waals surface area contributed by atoms with Crippen LogP contribution in [0.15, 0.2) is 91.0 Å². The second kappa shape index (κ2) is 11.5. The maximum Gasteiger partial charge on any atom is 0.330 e. The summed E-state index contributed by atoms with van der Waals surface area (Å²) < 4.78 is 5.48. The highest BCUT2D eigenvalue weighted by Crippen LogP contribution is 2.27. The minimum Gasteiger partial charge on any atom is -0.391 e. The standard InChI is InChI=1S/C28H32N2O3/c1-28(2,23-17-10-5-11-18-23)30-24(19-12-20-29)26(31)33-27(32)25(21-13-6-3-7-14-21)22-15-8-4-9-16-22/h3-11,13-18,24-25,30H,12,19-20,29H2,1-2H3/t24-/m0/s1. The fourth-order valence-electron chi connectivity index (χ4n) is 3.93. The van der Waals surface area contributed by atoms with Crippen molar-refractivity contribution in [3.63, 3.8) is 0 Å². The monoisotopic (exact) mass is 444 g/mol. The fourth-order valence-corrected chi connectivity index (χ4v) is 3.93. The summed E-state index contributed by atoms with van der Waals surface area (Å²) in [6.45, 7) is 4.45. The van der Waals surface area contributed by atoms with Crippen molar-refractivity contribution in [3.05, 3.63) is 108 Å². The molecule has 0 saturated heterocycles. The molecule has 0 radical (unpaired) electrons. The van der Waals surface area contributed by atoms with E-state index in [-0.39, 0.29) is 0 Å². The number of esters is 2. The molecule has 172 valence electrons. The van der Waals surface area contributed by atoms with Gasteiger partial charge in [0.1, 0.15) is 12.0 Å². The van der Waals surface area contributed by atoms with E-state index in [1.807, 2.05) is 105 Å². The maximum atomic E-state index is 13.3. The zero-order valence-corrected chi connectivity index (χ0v) is 19.2. The van der Waals surface area contributed by atoms with Gasteiger partial charge in [-0.1, -0.05) is 91.0 Å². The minimum atomic E-state index is -0.686. The van der Waals surface area contributed by atoms with E-state index in [2.05, 4.69) is 5.32 Å². The van der Waals surface area contributed by atoms with Crippen LogP contribution >= 0.6 is 0 Å². The van der Waals surface area contributed by atoms with Crippen LogP contribution in [0.3, 0.4) is 0 Å². The van der Waals surface area contributed by atoms with E-state index >= 15 is 0 Å². The zero-order valence-electron chi connectivity index (χ0n) is 19.2. The molecule has 5 heteroatoms. The Morgan fingerprint density at radius 3 is 1.79 bits per heavy atom. The van der Waals surface area contributed by atoms with Crippen LogP contribution in [0.4, 0.5) is 0 Å². The molecular formula is C28H32N2O3. The fraction of sp³-hybridized carbons (Fsp3) is 0.286.